The van der Waals surface area contributed by atoms with E-state index in [1.165, 1.54) is 0 Å². The van der Waals surface area contributed by atoms with Crippen molar-refractivity contribution < 1.29 is 18.8 Å². The zero-order valence-corrected chi connectivity index (χ0v) is 17.4. The lowest BCUT2D eigenvalue weighted by Crippen LogP contribution is -2.23. The van der Waals surface area contributed by atoms with Gasteiger partial charge in [0.1, 0.15) is 17.2 Å². The molecule has 1 aromatic heterocycles. The molecule has 0 aliphatic rings. The number of aromatic nitrogens is 1. The minimum Gasteiger partial charge on any atom is -0.493 e. The number of hydrogen-bond acceptors (Lipinski definition) is 6. The van der Waals surface area contributed by atoms with E-state index in [0.29, 0.717) is 41.8 Å². The monoisotopic (exact) mass is 409 g/mol. The van der Waals surface area contributed by atoms with E-state index in [1.54, 1.807) is 12.1 Å². The van der Waals surface area contributed by atoms with Crippen molar-refractivity contribution in [1.29, 1.82) is 0 Å². The van der Waals surface area contributed by atoms with E-state index in [1.807, 2.05) is 6.92 Å². The lowest BCUT2D eigenvalue weighted by Gasteiger charge is -2.14. The number of benzene rings is 1. The highest BCUT2D eigenvalue weighted by molar-refractivity contribution is 6.32. The maximum atomic E-state index is 12.1. The number of carbonyl (C=O) groups excluding carboxylic acids is 1. The number of nitrogens with zero attached hydrogens (tertiary/aromatic N) is 1. The molecule has 0 atom stereocenters. The Morgan fingerprint density at radius 1 is 1.14 bits per heavy atom. The van der Waals surface area contributed by atoms with Crippen LogP contribution in [0.2, 0.25) is 5.02 Å². The Bertz CT molecular complexity index is 792. The summed E-state index contributed by atoms with van der Waals surface area (Å²) in [4.78, 5) is 12.1. The van der Waals surface area contributed by atoms with Gasteiger partial charge >= 0.3 is 0 Å². The van der Waals surface area contributed by atoms with Crippen LogP contribution in [0.25, 0.3) is 11.3 Å². The van der Waals surface area contributed by atoms with E-state index >= 15 is 0 Å². The Morgan fingerprint density at radius 3 is 2.39 bits per heavy atom. The summed E-state index contributed by atoms with van der Waals surface area (Å²) in [5.41, 5.74) is 6.84. The van der Waals surface area contributed by atoms with Crippen LogP contribution in [-0.4, -0.2) is 30.8 Å². The first-order chi connectivity index (χ1) is 13.5. The quantitative estimate of drug-likeness (QED) is 0.522. The molecule has 2 rings (SSSR count). The zero-order chi connectivity index (χ0) is 20.5. The molecule has 0 spiro atoms. The third kappa shape index (κ3) is 5.32. The number of nitrogens with two attached hydrogens (primary N) is 1. The van der Waals surface area contributed by atoms with Crippen LogP contribution in [-0.2, 0) is 0 Å². The molecule has 0 saturated carbocycles. The summed E-state index contributed by atoms with van der Waals surface area (Å²) in [5.74, 6) is 0.908. The lowest BCUT2D eigenvalue weighted by molar-refractivity contribution is 0.0947. The van der Waals surface area contributed by atoms with Gasteiger partial charge in [0, 0.05) is 12.6 Å². The predicted octanol–water partition coefficient (Wildman–Crippen LogP) is 4.68. The molecule has 1 heterocycles. The van der Waals surface area contributed by atoms with Crippen LogP contribution in [0.5, 0.6) is 11.5 Å². The minimum absolute atomic E-state index is 0.0377. The predicted molar refractivity (Wildman–Crippen MR) is 110 cm³/mol. The average molecular weight is 410 g/mol. The van der Waals surface area contributed by atoms with Crippen LogP contribution in [0.3, 0.4) is 0 Å². The van der Waals surface area contributed by atoms with Crippen molar-refractivity contribution in [2.75, 3.05) is 25.5 Å². The fourth-order valence-corrected chi connectivity index (χ4v) is 2.71. The third-order valence-corrected chi connectivity index (χ3v) is 4.37. The maximum Gasteiger partial charge on any atom is 0.275 e. The molecule has 0 radical (unpaired) electrons. The summed E-state index contributed by atoms with van der Waals surface area (Å²) < 4.78 is 17.1. The number of nitrogen functional groups attached to an aromatic ring is 1. The summed E-state index contributed by atoms with van der Waals surface area (Å²) in [6.45, 7) is 7.53. The Hall–Kier alpha value is -2.41. The summed E-state index contributed by atoms with van der Waals surface area (Å²) in [5, 5.41) is 6.88. The van der Waals surface area contributed by atoms with Crippen molar-refractivity contribution in [3.05, 3.63) is 22.8 Å². The van der Waals surface area contributed by atoms with Crippen molar-refractivity contribution in [1.82, 2.24) is 10.5 Å². The van der Waals surface area contributed by atoms with Crippen molar-refractivity contribution in [2.24, 2.45) is 0 Å². The fourth-order valence-electron chi connectivity index (χ4n) is 2.49. The van der Waals surface area contributed by atoms with Crippen molar-refractivity contribution in [3.63, 3.8) is 0 Å². The zero-order valence-electron chi connectivity index (χ0n) is 16.6. The number of hydrogen-bond donors (Lipinski definition) is 2. The van der Waals surface area contributed by atoms with Crippen LogP contribution in [0, 0.1) is 0 Å². The lowest BCUT2D eigenvalue weighted by atomic mass is 10.1. The molecule has 0 aliphatic heterocycles. The molecule has 0 bridgehead atoms. The largest absolute Gasteiger partial charge is 0.493 e. The molecule has 7 nitrogen and oxygen atoms in total. The van der Waals surface area contributed by atoms with Gasteiger partial charge in [-0.2, -0.15) is 0 Å². The van der Waals surface area contributed by atoms with Crippen molar-refractivity contribution >= 4 is 23.2 Å². The van der Waals surface area contributed by atoms with E-state index in [4.69, 9.17) is 31.3 Å². The Morgan fingerprint density at radius 2 is 1.79 bits per heavy atom. The molecular formula is C20H28ClN3O4. The third-order valence-electron chi connectivity index (χ3n) is 4.07. The van der Waals surface area contributed by atoms with Crippen molar-refractivity contribution in [2.45, 2.75) is 46.5 Å². The van der Waals surface area contributed by atoms with Gasteiger partial charge in [-0.3, -0.25) is 4.79 Å². The first-order valence-corrected chi connectivity index (χ1v) is 10.0. The molecule has 1 aromatic carbocycles. The Balaban J connectivity index is 2.41. The second kappa shape index (κ2) is 10.8. The number of anilines is 1. The maximum absolute atomic E-state index is 12.1. The van der Waals surface area contributed by atoms with E-state index in [-0.39, 0.29) is 17.1 Å². The van der Waals surface area contributed by atoms with Crippen LogP contribution < -0.4 is 20.5 Å². The summed E-state index contributed by atoms with van der Waals surface area (Å²) in [6, 6.07) is 3.40. The SMILES string of the molecule is CCCCOc1cc(OCCCC)c(-c2onc(C(=O)NCC)c2N)cc1Cl. The first kappa shape index (κ1) is 21.9. The number of ether oxygens (including phenoxy) is 2. The van der Waals surface area contributed by atoms with Crippen LogP contribution >= 0.6 is 11.6 Å². The van der Waals surface area contributed by atoms with Gasteiger partial charge in [0.15, 0.2) is 11.5 Å². The van der Waals surface area contributed by atoms with Gasteiger partial charge in [0.2, 0.25) is 0 Å². The smallest absolute Gasteiger partial charge is 0.275 e. The van der Waals surface area contributed by atoms with Crippen LogP contribution in [0.15, 0.2) is 16.7 Å². The van der Waals surface area contributed by atoms with Gasteiger partial charge in [-0.15, -0.1) is 0 Å². The van der Waals surface area contributed by atoms with E-state index in [9.17, 15) is 4.79 Å². The number of rotatable bonds is 11. The number of carbonyl (C=O) groups is 1. The standard InChI is InChI=1S/C20H28ClN3O4/c1-4-7-9-26-15-12-16(27-10-8-5-2)14(21)11-13(15)19-17(22)18(24-28-19)20(25)23-6-3/h11-12H,4-10,22H2,1-3H3,(H,23,25). The Labute approximate surface area is 170 Å². The molecule has 0 fully saturated rings. The summed E-state index contributed by atoms with van der Waals surface area (Å²) in [7, 11) is 0. The highest BCUT2D eigenvalue weighted by atomic mass is 35.5. The molecular weight excluding hydrogens is 382 g/mol. The molecule has 154 valence electrons. The fraction of sp³-hybridized carbons (Fsp3) is 0.500. The molecule has 0 aliphatic carbocycles. The molecule has 3 N–H and O–H groups in total. The van der Waals surface area contributed by atoms with Crippen molar-refractivity contribution in [3.8, 4) is 22.8 Å². The number of unbranched alkanes of at least 4 members (excludes halogenated alkanes) is 2. The molecule has 28 heavy (non-hydrogen) atoms. The molecule has 0 saturated heterocycles. The molecule has 2 aromatic rings. The highest BCUT2D eigenvalue weighted by Gasteiger charge is 2.24. The van der Waals surface area contributed by atoms with Crippen LogP contribution in [0.4, 0.5) is 5.69 Å². The van der Waals surface area contributed by atoms with Gasteiger partial charge in [0.25, 0.3) is 5.91 Å². The van der Waals surface area contributed by atoms with E-state index in [2.05, 4.69) is 24.3 Å². The second-order valence-electron chi connectivity index (χ2n) is 6.32. The molecule has 1 amide bonds. The number of nitrogens with one attached hydrogen (secondary N) is 1. The molecule has 0 unspecified atom stereocenters. The second-order valence-corrected chi connectivity index (χ2v) is 6.72. The molecule has 8 heteroatoms. The highest BCUT2D eigenvalue weighted by Crippen LogP contribution is 2.41. The van der Waals surface area contributed by atoms with Gasteiger partial charge < -0.3 is 25.0 Å². The topological polar surface area (TPSA) is 99.6 Å². The first-order valence-electron chi connectivity index (χ1n) is 9.66. The average Bonchev–Trinajstić information content (AvgIpc) is 3.05. The van der Waals surface area contributed by atoms with Crippen LogP contribution in [0.1, 0.15) is 56.9 Å². The van der Waals surface area contributed by atoms with Gasteiger partial charge in [-0.25, -0.2) is 0 Å². The Kier molecular flexibility index (Phi) is 8.44. The van der Waals surface area contributed by atoms with Gasteiger partial charge in [-0.1, -0.05) is 43.4 Å². The summed E-state index contributed by atoms with van der Waals surface area (Å²) >= 11 is 6.40. The van der Waals surface area contributed by atoms with Gasteiger partial charge in [-0.05, 0) is 25.8 Å². The van der Waals surface area contributed by atoms with E-state index in [0.717, 1.165) is 25.7 Å². The normalized spacial score (nSPS) is 10.7. The van der Waals surface area contributed by atoms with E-state index < -0.39 is 5.91 Å². The summed E-state index contributed by atoms with van der Waals surface area (Å²) in [6.07, 6.45) is 3.83. The number of halogens is 1. The van der Waals surface area contributed by atoms with Gasteiger partial charge in [0.05, 0.1) is 23.8 Å². The minimum atomic E-state index is -0.394. The number of amides is 1.